The number of amides is 1. The van der Waals surface area contributed by atoms with E-state index in [9.17, 15) is 14.7 Å². The van der Waals surface area contributed by atoms with Crippen LogP contribution in [0.4, 0.5) is 0 Å². The first-order valence-corrected chi connectivity index (χ1v) is 14.2. The van der Waals surface area contributed by atoms with Crippen molar-refractivity contribution < 1.29 is 24.2 Å². The topological polar surface area (TPSA) is 76.1 Å². The number of methoxy groups -OCH3 is 2. The molecule has 1 saturated carbocycles. The average molecular weight is 516 g/mol. The van der Waals surface area contributed by atoms with Gasteiger partial charge in [0.25, 0.3) is 0 Å². The van der Waals surface area contributed by atoms with E-state index in [4.69, 9.17) is 9.47 Å². The highest BCUT2D eigenvalue weighted by Gasteiger charge is 2.32. The SMILES string of the molecule is CCCCC[C@H](O)/C=C/[C@H]1CCC(=O)[C@@H]1CCCCCCC(=O)N(C)CCc1ccc(OC)c(OC)c1. The van der Waals surface area contributed by atoms with Crippen LogP contribution in [0.3, 0.4) is 0 Å². The van der Waals surface area contributed by atoms with Gasteiger partial charge in [0.15, 0.2) is 11.5 Å². The molecule has 2 rings (SSSR count). The van der Waals surface area contributed by atoms with Crippen LogP contribution in [-0.2, 0) is 16.0 Å². The number of aliphatic hydroxyl groups is 1. The number of allylic oxidation sites excluding steroid dienone is 1. The summed E-state index contributed by atoms with van der Waals surface area (Å²) < 4.78 is 10.6. The van der Waals surface area contributed by atoms with Gasteiger partial charge in [0.1, 0.15) is 5.78 Å². The Morgan fingerprint density at radius 3 is 2.59 bits per heavy atom. The highest BCUT2D eigenvalue weighted by Crippen LogP contribution is 2.34. The lowest BCUT2D eigenvalue weighted by molar-refractivity contribution is -0.130. The minimum atomic E-state index is -0.391. The number of hydrogen-bond acceptors (Lipinski definition) is 5. The van der Waals surface area contributed by atoms with Crippen molar-refractivity contribution in [3.63, 3.8) is 0 Å². The molecule has 1 N–H and O–H groups in total. The summed E-state index contributed by atoms with van der Waals surface area (Å²) in [6, 6.07) is 5.86. The second-order valence-corrected chi connectivity index (χ2v) is 10.4. The zero-order chi connectivity index (χ0) is 27.0. The molecule has 1 fully saturated rings. The normalized spacial score (nSPS) is 18.4. The molecule has 6 heteroatoms. The van der Waals surface area contributed by atoms with E-state index in [1.807, 2.05) is 36.2 Å². The molecular weight excluding hydrogens is 466 g/mol. The van der Waals surface area contributed by atoms with Crippen molar-refractivity contribution in [2.24, 2.45) is 11.8 Å². The highest BCUT2D eigenvalue weighted by atomic mass is 16.5. The quantitative estimate of drug-likeness (QED) is 0.188. The number of benzene rings is 1. The predicted octanol–water partition coefficient (Wildman–Crippen LogP) is 6.14. The van der Waals surface area contributed by atoms with Gasteiger partial charge < -0.3 is 19.5 Å². The Bertz CT molecular complexity index is 852. The van der Waals surface area contributed by atoms with Crippen molar-refractivity contribution >= 4 is 11.7 Å². The molecule has 0 saturated heterocycles. The molecule has 1 aliphatic rings. The van der Waals surface area contributed by atoms with Gasteiger partial charge in [-0.3, -0.25) is 9.59 Å². The molecule has 0 bridgehead atoms. The Balaban J connectivity index is 1.63. The summed E-state index contributed by atoms with van der Waals surface area (Å²) in [5.74, 6) is 2.33. The van der Waals surface area contributed by atoms with Crippen LogP contribution >= 0.6 is 0 Å². The van der Waals surface area contributed by atoms with Gasteiger partial charge in [-0.1, -0.05) is 63.7 Å². The second-order valence-electron chi connectivity index (χ2n) is 10.4. The first-order chi connectivity index (χ1) is 17.9. The Morgan fingerprint density at radius 2 is 1.86 bits per heavy atom. The number of ketones is 1. The van der Waals surface area contributed by atoms with E-state index in [1.54, 1.807) is 14.2 Å². The monoisotopic (exact) mass is 515 g/mol. The van der Waals surface area contributed by atoms with Gasteiger partial charge >= 0.3 is 0 Å². The molecule has 1 aromatic rings. The third kappa shape index (κ3) is 10.9. The number of ether oxygens (including phenoxy) is 2. The molecule has 3 atom stereocenters. The third-order valence-corrected chi connectivity index (χ3v) is 7.60. The lowest BCUT2D eigenvalue weighted by Crippen LogP contribution is -2.28. The van der Waals surface area contributed by atoms with E-state index in [2.05, 4.69) is 13.0 Å². The Labute approximate surface area is 224 Å². The predicted molar refractivity (Wildman–Crippen MR) is 149 cm³/mol. The maximum atomic E-state index is 12.5. The van der Waals surface area contributed by atoms with Crippen molar-refractivity contribution in [2.75, 3.05) is 27.8 Å². The van der Waals surface area contributed by atoms with Gasteiger partial charge in [0.2, 0.25) is 5.91 Å². The van der Waals surface area contributed by atoms with Crippen LogP contribution in [0.1, 0.15) is 89.5 Å². The minimum absolute atomic E-state index is 0.100. The van der Waals surface area contributed by atoms with E-state index < -0.39 is 6.10 Å². The zero-order valence-electron chi connectivity index (χ0n) is 23.5. The molecule has 0 unspecified atom stereocenters. The summed E-state index contributed by atoms with van der Waals surface area (Å²) in [4.78, 5) is 26.7. The number of Topliss-reactive ketones (excluding diaryl/α,β-unsaturated/α-hetero) is 1. The number of unbranched alkanes of at least 4 members (excludes halogenated alkanes) is 5. The van der Waals surface area contributed by atoms with Gasteiger partial charge in [-0.25, -0.2) is 0 Å². The number of nitrogens with zero attached hydrogens (tertiary/aromatic N) is 1. The summed E-state index contributed by atoms with van der Waals surface area (Å²) in [7, 11) is 5.11. The molecule has 208 valence electrons. The molecule has 0 aliphatic heterocycles. The van der Waals surface area contributed by atoms with Crippen molar-refractivity contribution in [1.82, 2.24) is 4.90 Å². The fourth-order valence-electron chi connectivity index (χ4n) is 5.15. The molecule has 6 nitrogen and oxygen atoms in total. The number of likely N-dealkylation sites (N-methyl/N-ethyl adjacent to an activating group) is 1. The van der Waals surface area contributed by atoms with Crippen LogP contribution in [0.2, 0.25) is 0 Å². The highest BCUT2D eigenvalue weighted by molar-refractivity contribution is 5.83. The molecular formula is C31H49NO5. The molecule has 0 spiro atoms. The Morgan fingerprint density at radius 1 is 1.11 bits per heavy atom. The van der Waals surface area contributed by atoms with E-state index in [0.717, 1.165) is 76.2 Å². The van der Waals surface area contributed by atoms with Gasteiger partial charge in [0, 0.05) is 32.4 Å². The summed E-state index contributed by atoms with van der Waals surface area (Å²) in [5, 5.41) is 10.2. The maximum Gasteiger partial charge on any atom is 0.222 e. The third-order valence-electron chi connectivity index (χ3n) is 7.60. The Kier molecular flexibility index (Phi) is 14.4. The van der Waals surface area contributed by atoms with Crippen LogP contribution in [0, 0.1) is 11.8 Å². The number of aliphatic hydroxyl groups excluding tert-OH is 1. The van der Waals surface area contributed by atoms with Crippen LogP contribution in [0.25, 0.3) is 0 Å². The average Bonchev–Trinajstić information content (AvgIpc) is 3.26. The lowest BCUT2D eigenvalue weighted by Gasteiger charge is -2.18. The van der Waals surface area contributed by atoms with Crippen molar-refractivity contribution in [2.45, 2.75) is 96.5 Å². The van der Waals surface area contributed by atoms with E-state index >= 15 is 0 Å². The smallest absolute Gasteiger partial charge is 0.222 e. The number of carbonyl (C=O) groups excluding carboxylic acids is 2. The number of hydrogen-bond donors (Lipinski definition) is 1. The maximum absolute atomic E-state index is 12.5. The van der Waals surface area contributed by atoms with Crippen molar-refractivity contribution in [1.29, 1.82) is 0 Å². The Hall–Kier alpha value is -2.34. The largest absolute Gasteiger partial charge is 0.493 e. The zero-order valence-corrected chi connectivity index (χ0v) is 23.5. The second kappa shape index (κ2) is 17.2. The van der Waals surface area contributed by atoms with E-state index in [1.165, 1.54) is 0 Å². The molecule has 37 heavy (non-hydrogen) atoms. The van der Waals surface area contributed by atoms with Crippen LogP contribution in [-0.4, -0.2) is 55.6 Å². The number of rotatable bonds is 18. The van der Waals surface area contributed by atoms with Gasteiger partial charge in [0.05, 0.1) is 20.3 Å². The van der Waals surface area contributed by atoms with Crippen LogP contribution < -0.4 is 9.47 Å². The van der Waals surface area contributed by atoms with E-state index in [-0.39, 0.29) is 17.7 Å². The van der Waals surface area contributed by atoms with Crippen LogP contribution in [0.5, 0.6) is 11.5 Å². The van der Waals surface area contributed by atoms with Crippen LogP contribution in [0.15, 0.2) is 30.4 Å². The van der Waals surface area contributed by atoms with Gasteiger partial charge in [-0.05, 0) is 55.7 Å². The molecule has 0 aromatic heterocycles. The minimum Gasteiger partial charge on any atom is -0.493 e. The fraction of sp³-hybridized carbons (Fsp3) is 0.677. The summed E-state index contributed by atoms with van der Waals surface area (Å²) in [5.41, 5.74) is 1.11. The summed E-state index contributed by atoms with van der Waals surface area (Å²) in [6.07, 6.45) is 15.5. The fourth-order valence-corrected chi connectivity index (χ4v) is 5.15. The molecule has 1 aromatic carbocycles. The molecule has 1 amide bonds. The molecule has 1 aliphatic carbocycles. The van der Waals surface area contributed by atoms with Crippen molar-refractivity contribution in [3.05, 3.63) is 35.9 Å². The van der Waals surface area contributed by atoms with Gasteiger partial charge in [-0.15, -0.1) is 0 Å². The molecule has 0 radical (unpaired) electrons. The number of carbonyl (C=O) groups is 2. The first kappa shape index (κ1) is 30.9. The van der Waals surface area contributed by atoms with Gasteiger partial charge in [-0.2, -0.15) is 0 Å². The molecule has 0 heterocycles. The summed E-state index contributed by atoms with van der Waals surface area (Å²) in [6.45, 7) is 2.83. The summed E-state index contributed by atoms with van der Waals surface area (Å²) >= 11 is 0. The lowest BCUT2D eigenvalue weighted by atomic mass is 9.89. The first-order valence-electron chi connectivity index (χ1n) is 14.2. The van der Waals surface area contributed by atoms with Crippen molar-refractivity contribution in [3.8, 4) is 11.5 Å². The standard InChI is InChI=1S/C31H49NO5/c1-5-6-9-12-26(33)18-16-25-17-19-28(34)27(25)13-10-7-8-11-14-31(35)32(2)22-21-24-15-20-29(36-3)30(23-24)37-4/h15-16,18,20,23,25-27,33H,5-14,17,19,21-22H2,1-4H3/b18-16+/t25-,26-,27+/m0/s1. The van der Waals surface area contributed by atoms with E-state index in [0.29, 0.717) is 36.7 Å².